The second kappa shape index (κ2) is 6.29. The first-order chi connectivity index (χ1) is 9.61. The molecule has 2 rings (SSSR count). The summed E-state index contributed by atoms with van der Waals surface area (Å²) in [5, 5.41) is 7.00. The fourth-order valence-electron chi connectivity index (χ4n) is 1.47. The Hall–Kier alpha value is -2.22. The van der Waals surface area contributed by atoms with Crippen LogP contribution in [0.15, 0.2) is 16.8 Å². The average molecular weight is 295 g/mol. The van der Waals surface area contributed by atoms with Crippen molar-refractivity contribution >= 4 is 28.2 Å². The molecule has 1 N–H and O–H groups in total. The van der Waals surface area contributed by atoms with Crippen molar-refractivity contribution in [3.63, 3.8) is 0 Å². The highest BCUT2D eigenvalue weighted by Gasteiger charge is 2.22. The van der Waals surface area contributed by atoms with E-state index in [1.165, 1.54) is 13.1 Å². The molecule has 0 amide bonds. The summed E-state index contributed by atoms with van der Waals surface area (Å²) >= 11 is 1.11. The van der Waals surface area contributed by atoms with E-state index in [9.17, 15) is 9.59 Å². The molecule has 0 saturated carbocycles. The predicted molar refractivity (Wildman–Crippen MR) is 71.9 cm³/mol. The van der Waals surface area contributed by atoms with Crippen LogP contribution in [0.5, 0.6) is 0 Å². The average Bonchev–Trinajstić information content (AvgIpc) is 3.06. The van der Waals surface area contributed by atoms with Gasteiger partial charge in [-0.05, 0) is 6.92 Å². The summed E-state index contributed by atoms with van der Waals surface area (Å²) in [6, 6.07) is 1.71. The predicted octanol–water partition coefficient (Wildman–Crippen LogP) is 2.12. The monoisotopic (exact) mass is 295 g/mol. The van der Waals surface area contributed by atoms with E-state index in [1.54, 1.807) is 13.0 Å². The van der Waals surface area contributed by atoms with Crippen LogP contribution in [-0.2, 0) is 11.3 Å². The number of anilines is 1. The summed E-state index contributed by atoms with van der Waals surface area (Å²) < 4.78 is 9.81. The van der Waals surface area contributed by atoms with Gasteiger partial charge in [0.05, 0.1) is 19.3 Å². The Morgan fingerprint density at radius 3 is 2.90 bits per heavy atom. The van der Waals surface area contributed by atoms with Gasteiger partial charge in [-0.1, -0.05) is 16.5 Å². The Kier molecular flexibility index (Phi) is 4.46. The van der Waals surface area contributed by atoms with Crippen molar-refractivity contribution in [3.05, 3.63) is 28.6 Å². The maximum atomic E-state index is 11.7. The molecule has 0 aliphatic rings. The lowest BCUT2D eigenvalue weighted by Crippen LogP contribution is -2.09. The van der Waals surface area contributed by atoms with Crippen molar-refractivity contribution in [3.8, 4) is 0 Å². The molecule has 0 aliphatic carbocycles. The first kappa shape index (κ1) is 14.2. The van der Waals surface area contributed by atoms with Crippen LogP contribution in [0.25, 0.3) is 0 Å². The molecular weight excluding hydrogens is 282 g/mol. The number of carbonyl (C=O) groups is 2. The third kappa shape index (κ3) is 3.21. The van der Waals surface area contributed by atoms with Crippen molar-refractivity contribution in [1.29, 1.82) is 0 Å². The van der Waals surface area contributed by atoms with Crippen LogP contribution in [0.2, 0.25) is 0 Å². The molecule has 0 aromatic carbocycles. The highest BCUT2D eigenvalue weighted by Crippen LogP contribution is 2.24. The number of thiazole rings is 1. The van der Waals surface area contributed by atoms with Gasteiger partial charge in [-0.3, -0.25) is 4.79 Å². The summed E-state index contributed by atoms with van der Waals surface area (Å²) in [6.07, 6.45) is 1.53. The van der Waals surface area contributed by atoms with Gasteiger partial charge in [-0.2, -0.15) is 0 Å². The van der Waals surface area contributed by atoms with Gasteiger partial charge in [0.1, 0.15) is 4.88 Å². The number of hydrogen-bond acceptors (Lipinski definition) is 8. The summed E-state index contributed by atoms with van der Waals surface area (Å²) in [6.45, 7) is 3.68. The van der Waals surface area contributed by atoms with Crippen molar-refractivity contribution in [2.75, 3.05) is 11.9 Å². The van der Waals surface area contributed by atoms with Gasteiger partial charge in [-0.15, -0.1) is 0 Å². The first-order valence-corrected chi connectivity index (χ1v) is 6.75. The van der Waals surface area contributed by atoms with Crippen LogP contribution in [0, 0.1) is 0 Å². The Labute approximate surface area is 118 Å². The lowest BCUT2D eigenvalue weighted by molar-refractivity contribution is 0.0517. The van der Waals surface area contributed by atoms with Crippen LogP contribution >= 0.6 is 11.3 Å². The normalized spacial score (nSPS) is 10.3. The molecule has 0 atom stereocenters. The standard InChI is InChI=1S/C12H13N3O4S/c1-3-18-11(17)9-10(7(2)16)20-12(15-9)13-6-8-4-5-14-19-8/h4-5H,3,6H2,1-2H3,(H,13,15). The van der Waals surface area contributed by atoms with Gasteiger partial charge < -0.3 is 14.6 Å². The number of ketones is 1. The summed E-state index contributed by atoms with van der Waals surface area (Å²) in [4.78, 5) is 27.6. The van der Waals surface area contributed by atoms with Crippen LogP contribution < -0.4 is 5.32 Å². The molecule has 20 heavy (non-hydrogen) atoms. The minimum Gasteiger partial charge on any atom is -0.461 e. The van der Waals surface area contributed by atoms with Crippen molar-refractivity contribution in [1.82, 2.24) is 10.1 Å². The smallest absolute Gasteiger partial charge is 0.358 e. The second-order valence-corrected chi connectivity index (χ2v) is 4.80. The van der Waals surface area contributed by atoms with Crippen LogP contribution in [0.4, 0.5) is 5.13 Å². The quantitative estimate of drug-likeness (QED) is 0.644. The number of esters is 1. The van der Waals surface area contributed by atoms with E-state index >= 15 is 0 Å². The van der Waals surface area contributed by atoms with Crippen molar-refractivity contribution < 1.29 is 18.8 Å². The molecule has 2 heterocycles. The Morgan fingerprint density at radius 1 is 1.50 bits per heavy atom. The molecule has 0 aliphatic heterocycles. The fraction of sp³-hybridized carbons (Fsp3) is 0.333. The third-order valence-corrected chi connectivity index (χ3v) is 3.43. The third-order valence-electron chi connectivity index (χ3n) is 2.32. The van der Waals surface area contributed by atoms with Crippen LogP contribution in [0.3, 0.4) is 0 Å². The van der Waals surface area contributed by atoms with E-state index in [4.69, 9.17) is 9.26 Å². The number of Topliss-reactive ketones (excluding diaryl/α,β-unsaturated/α-hetero) is 1. The zero-order valence-corrected chi connectivity index (χ0v) is 11.8. The summed E-state index contributed by atoms with van der Waals surface area (Å²) in [5.41, 5.74) is 0.0458. The Bertz CT molecular complexity index is 606. The van der Waals surface area contributed by atoms with Crippen LogP contribution in [-0.4, -0.2) is 28.5 Å². The second-order valence-electron chi connectivity index (χ2n) is 3.81. The maximum Gasteiger partial charge on any atom is 0.358 e. The molecule has 0 saturated heterocycles. The lowest BCUT2D eigenvalue weighted by atomic mass is 10.3. The van der Waals surface area contributed by atoms with Crippen LogP contribution in [0.1, 0.15) is 39.8 Å². The van der Waals surface area contributed by atoms with E-state index < -0.39 is 5.97 Å². The van der Waals surface area contributed by atoms with E-state index in [2.05, 4.69) is 15.5 Å². The number of hydrogen-bond donors (Lipinski definition) is 1. The van der Waals surface area contributed by atoms with Gasteiger partial charge in [-0.25, -0.2) is 9.78 Å². The van der Waals surface area contributed by atoms with E-state index in [0.717, 1.165) is 11.3 Å². The molecule has 0 bridgehead atoms. The molecule has 0 fully saturated rings. The molecule has 0 spiro atoms. The fourth-order valence-corrected chi connectivity index (χ4v) is 2.31. The zero-order chi connectivity index (χ0) is 14.5. The van der Waals surface area contributed by atoms with Gasteiger partial charge in [0.2, 0.25) is 0 Å². The van der Waals surface area contributed by atoms with Gasteiger partial charge in [0, 0.05) is 13.0 Å². The van der Waals surface area contributed by atoms with E-state index in [-0.39, 0.29) is 23.0 Å². The first-order valence-electron chi connectivity index (χ1n) is 5.94. The SMILES string of the molecule is CCOC(=O)c1nc(NCc2ccno2)sc1C(C)=O. The minimum absolute atomic E-state index is 0.0458. The molecule has 8 heteroatoms. The summed E-state index contributed by atoms with van der Waals surface area (Å²) in [7, 11) is 0. The number of nitrogens with zero attached hydrogens (tertiary/aromatic N) is 2. The molecule has 7 nitrogen and oxygen atoms in total. The van der Waals surface area contributed by atoms with Gasteiger partial charge in [0.25, 0.3) is 0 Å². The number of carbonyl (C=O) groups excluding carboxylic acids is 2. The number of ether oxygens (including phenoxy) is 1. The number of nitrogens with one attached hydrogen (secondary N) is 1. The van der Waals surface area contributed by atoms with E-state index in [1.807, 2.05) is 0 Å². The number of rotatable bonds is 6. The maximum absolute atomic E-state index is 11.7. The molecule has 0 unspecified atom stereocenters. The van der Waals surface area contributed by atoms with Gasteiger partial charge in [0.15, 0.2) is 22.4 Å². The largest absolute Gasteiger partial charge is 0.461 e. The minimum atomic E-state index is -0.596. The highest BCUT2D eigenvalue weighted by molar-refractivity contribution is 7.17. The lowest BCUT2D eigenvalue weighted by Gasteiger charge is -1.99. The highest BCUT2D eigenvalue weighted by atomic mass is 32.1. The van der Waals surface area contributed by atoms with Gasteiger partial charge >= 0.3 is 5.97 Å². The topological polar surface area (TPSA) is 94.3 Å². The molecule has 2 aromatic rings. The molecular formula is C12H13N3O4S. The number of aromatic nitrogens is 2. The summed E-state index contributed by atoms with van der Waals surface area (Å²) in [5.74, 6) is -0.192. The Balaban J connectivity index is 2.16. The molecule has 2 aromatic heterocycles. The Morgan fingerprint density at radius 2 is 2.30 bits per heavy atom. The molecule has 0 radical (unpaired) electrons. The zero-order valence-electron chi connectivity index (χ0n) is 11.0. The van der Waals surface area contributed by atoms with E-state index in [0.29, 0.717) is 17.4 Å². The van der Waals surface area contributed by atoms with Crippen molar-refractivity contribution in [2.45, 2.75) is 20.4 Å². The van der Waals surface area contributed by atoms with Crippen molar-refractivity contribution in [2.24, 2.45) is 0 Å². The molecule has 106 valence electrons.